The van der Waals surface area contributed by atoms with Crippen molar-refractivity contribution in [2.24, 2.45) is 5.92 Å². The summed E-state index contributed by atoms with van der Waals surface area (Å²) in [6, 6.07) is 7.29. The van der Waals surface area contributed by atoms with Gasteiger partial charge in [-0.05, 0) is 38.1 Å². The van der Waals surface area contributed by atoms with E-state index < -0.39 is 0 Å². The minimum Gasteiger partial charge on any atom is -0.494 e. The van der Waals surface area contributed by atoms with Gasteiger partial charge in [0.1, 0.15) is 5.75 Å². The van der Waals surface area contributed by atoms with E-state index in [0.717, 1.165) is 11.4 Å². The van der Waals surface area contributed by atoms with Gasteiger partial charge in [0.2, 0.25) is 11.8 Å². The minimum absolute atomic E-state index is 0.0336. The van der Waals surface area contributed by atoms with Crippen LogP contribution in [0.3, 0.4) is 0 Å². The Morgan fingerprint density at radius 1 is 1.39 bits per heavy atom. The fraction of sp³-hybridized carbons (Fsp3) is 0.529. The first kappa shape index (κ1) is 17.3. The lowest BCUT2D eigenvalue weighted by atomic mass is 10.1. The SMILES string of the molecule is CCOc1ccc(N2C[C@H](C(=O)N[C@H](C)COC)CC2=O)cc1. The molecule has 0 bridgehead atoms. The summed E-state index contributed by atoms with van der Waals surface area (Å²) in [5.41, 5.74) is 0.790. The van der Waals surface area contributed by atoms with Gasteiger partial charge in [-0.1, -0.05) is 0 Å². The molecular weight excluding hydrogens is 296 g/mol. The molecule has 1 saturated heterocycles. The van der Waals surface area contributed by atoms with Crippen LogP contribution >= 0.6 is 0 Å². The summed E-state index contributed by atoms with van der Waals surface area (Å²) in [5.74, 6) is 0.309. The standard InChI is InChI=1S/C17H24N2O4/c1-4-23-15-7-5-14(6-8-15)19-10-13(9-16(19)20)17(21)18-12(2)11-22-3/h5-8,12-13H,4,9-11H2,1-3H3,(H,18,21)/t12-,13-/m1/s1. The second-order valence-corrected chi connectivity index (χ2v) is 5.70. The van der Waals surface area contributed by atoms with E-state index in [1.54, 1.807) is 12.0 Å². The lowest BCUT2D eigenvalue weighted by molar-refractivity contribution is -0.127. The molecule has 0 unspecified atom stereocenters. The van der Waals surface area contributed by atoms with Gasteiger partial charge in [-0.25, -0.2) is 0 Å². The second kappa shape index (κ2) is 7.97. The van der Waals surface area contributed by atoms with Crippen molar-refractivity contribution in [2.45, 2.75) is 26.3 Å². The van der Waals surface area contributed by atoms with Crippen LogP contribution in [-0.4, -0.2) is 44.7 Å². The zero-order valence-electron chi connectivity index (χ0n) is 13.9. The van der Waals surface area contributed by atoms with Gasteiger partial charge in [0.25, 0.3) is 0 Å². The highest BCUT2D eigenvalue weighted by molar-refractivity contribution is 6.00. The van der Waals surface area contributed by atoms with Crippen LogP contribution in [0.4, 0.5) is 5.69 Å². The molecule has 0 aromatic heterocycles. The van der Waals surface area contributed by atoms with E-state index in [4.69, 9.17) is 9.47 Å². The average molecular weight is 320 g/mol. The third kappa shape index (κ3) is 4.45. The summed E-state index contributed by atoms with van der Waals surface area (Å²) in [6.45, 7) is 5.26. The van der Waals surface area contributed by atoms with Gasteiger partial charge in [-0.15, -0.1) is 0 Å². The summed E-state index contributed by atoms with van der Waals surface area (Å²) in [4.78, 5) is 26.1. The Kier molecular flexibility index (Phi) is 5.98. The zero-order chi connectivity index (χ0) is 16.8. The highest BCUT2D eigenvalue weighted by Gasteiger charge is 2.35. The molecule has 0 saturated carbocycles. The highest BCUT2D eigenvalue weighted by atomic mass is 16.5. The van der Waals surface area contributed by atoms with E-state index in [1.165, 1.54) is 0 Å². The Morgan fingerprint density at radius 2 is 2.09 bits per heavy atom. The second-order valence-electron chi connectivity index (χ2n) is 5.70. The van der Waals surface area contributed by atoms with Crippen LogP contribution in [-0.2, 0) is 14.3 Å². The molecule has 1 fully saturated rings. The predicted molar refractivity (Wildman–Crippen MR) is 87.6 cm³/mol. The third-order valence-electron chi connectivity index (χ3n) is 3.76. The van der Waals surface area contributed by atoms with Crippen LogP contribution in [0, 0.1) is 5.92 Å². The molecule has 126 valence electrons. The number of anilines is 1. The molecule has 1 aliphatic heterocycles. The van der Waals surface area contributed by atoms with Crippen molar-refractivity contribution in [3.63, 3.8) is 0 Å². The molecule has 0 aliphatic carbocycles. The van der Waals surface area contributed by atoms with Gasteiger partial charge in [-0.3, -0.25) is 9.59 Å². The van der Waals surface area contributed by atoms with Crippen molar-refractivity contribution >= 4 is 17.5 Å². The molecule has 1 aliphatic rings. The topological polar surface area (TPSA) is 67.9 Å². The third-order valence-corrected chi connectivity index (χ3v) is 3.76. The van der Waals surface area contributed by atoms with E-state index in [9.17, 15) is 9.59 Å². The number of ether oxygens (including phenoxy) is 2. The summed E-state index contributed by atoms with van der Waals surface area (Å²) >= 11 is 0. The highest BCUT2D eigenvalue weighted by Crippen LogP contribution is 2.27. The first-order valence-electron chi connectivity index (χ1n) is 7.87. The van der Waals surface area contributed by atoms with Crippen molar-refractivity contribution in [2.75, 3.05) is 31.8 Å². The van der Waals surface area contributed by atoms with Crippen LogP contribution in [0.5, 0.6) is 5.75 Å². The fourth-order valence-corrected chi connectivity index (χ4v) is 2.67. The van der Waals surface area contributed by atoms with Gasteiger partial charge >= 0.3 is 0 Å². The maximum atomic E-state index is 12.2. The van der Waals surface area contributed by atoms with Crippen molar-refractivity contribution in [3.8, 4) is 5.75 Å². The van der Waals surface area contributed by atoms with E-state index in [-0.39, 0.29) is 30.2 Å². The maximum Gasteiger partial charge on any atom is 0.227 e. The molecule has 0 spiro atoms. The number of carbonyl (C=O) groups excluding carboxylic acids is 2. The van der Waals surface area contributed by atoms with Crippen LogP contribution in [0.25, 0.3) is 0 Å². The molecular formula is C17H24N2O4. The van der Waals surface area contributed by atoms with Crippen molar-refractivity contribution < 1.29 is 19.1 Å². The molecule has 1 aromatic rings. The Hall–Kier alpha value is -2.08. The maximum absolute atomic E-state index is 12.2. The number of rotatable bonds is 7. The number of nitrogens with zero attached hydrogens (tertiary/aromatic N) is 1. The minimum atomic E-state index is -0.326. The van der Waals surface area contributed by atoms with Crippen LogP contribution in [0.15, 0.2) is 24.3 Å². The quantitative estimate of drug-likeness (QED) is 0.828. The molecule has 1 heterocycles. The van der Waals surface area contributed by atoms with Gasteiger partial charge in [0.05, 0.1) is 19.1 Å². The summed E-state index contributed by atoms with van der Waals surface area (Å²) in [7, 11) is 1.59. The van der Waals surface area contributed by atoms with Gasteiger partial charge < -0.3 is 19.7 Å². The predicted octanol–water partition coefficient (Wildman–Crippen LogP) is 1.59. The molecule has 23 heavy (non-hydrogen) atoms. The molecule has 1 N–H and O–H groups in total. The number of carbonyl (C=O) groups is 2. The Balaban J connectivity index is 1.97. The first-order valence-corrected chi connectivity index (χ1v) is 7.87. The Morgan fingerprint density at radius 3 is 2.70 bits per heavy atom. The van der Waals surface area contributed by atoms with Gasteiger partial charge in [0.15, 0.2) is 0 Å². The summed E-state index contributed by atoms with van der Waals surface area (Å²) < 4.78 is 10.4. The number of amides is 2. The fourth-order valence-electron chi connectivity index (χ4n) is 2.67. The van der Waals surface area contributed by atoms with E-state index >= 15 is 0 Å². The summed E-state index contributed by atoms with van der Waals surface area (Å²) in [5, 5.41) is 2.88. The van der Waals surface area contributed by atoms with Gasteiger partial charge in [0, 0.05) is 31.8 Å². The lowest BCUT2D eigenvalue weighted by Gasteiger charge is -2.18. The Labute approximate surface area is 136 Å². The van der Waals surface area contributed by atoms with Crippen molar-refractivity contribution in [1.82, 2.24) is 5.32 Å². The Bertz CT molecular complexity index is 544. The largest absolute Gasteiger partial charge is 0.494 e. The molecule has 6 nitrogen and oxygen atoms in total. The molecule has 2 amide bonds. The number of nitrogens with one attached hydrogen (secondary N) is 1. The number of benzene rings is 1. The normalized spacial score (nSPS) is 18.8. The zero-order valence-corrected chi connectivity index (χ0v) is 13.9. The van der Waals surface area contributed by atoms with Crippen LogP contribution in [0.2, 0.25) is 0 Å². The van der Waals surface area contributed by atoms with Crippen molar-refractivity contribution in [3.05, 3.63) is 24.3 Å². The number of hydrogen-bond donors (Lipinski definition) is 1. The monoisotopic (exact) mass is 320 g/mol. The molecule has 1 aromatic carbocycles. The number of methoxy groups -OCH3 is 1. The van der Waals surface area contributed by atoms with Gasteiger partial charge in [-0.2, -0.15) is 0 Å². The smallest absolute Gasteiger partial charge is 0.227 e. The number of hydrogen-bond acceptors (Lipinski definition) is 4. The molecule has 6 heteroatoms. The molecule has 2 atom stereocenters. The van der Waals surface area contributed by atoms with E-state index in [2.05, 4.69) is 5.32 Å². The van der Waals surface area contributed by atoms with Crippen LogP contribution < -0.4 is 15.0 Å². The van der Waals surface area contributed by atoms with Crippen LogP contribution in [0.1, 0.15) is 20.3 Å². The molecule has 2 rings (SSSR count). The average Bonchev–Trinajstić information content (AvgIpc) is 2.91. The van der Waals surface area contributed by atoms with E-state index in [0.29, 0.717) is 19.8 Å². The van der Waals surface area contributed by atoms with Crippen molar-refractivity contribution in [1.29, 1.82) is 0 Å². The first-order chi connectivity index (χ1) is 11.0. The van der Waals surface area contributed by atoms with E-state index in [1.807, 2.05) is 38.1 Å². The lowest BCUT2D eigenvalue weighted by Crippen LogP contribution is -2.40. The molecule has 0 radical (unpaired) electrons. The summed E-state index contributed by atoms with van der Waals surface area (Å²) in [6.07, 6.45) is 0.235.